The van der Waals surface area contributed by atoms with Gasteiger partial charge in [0.15, 0.2) is 11.5 Å². The number of fused-ring (bicyclic) bond motifs is 1. The Morgan fingerprint density at radius 3 is 2.67 bits per heavy atom. The van der Waals surface area contributed by atoms with E-state index >= 15 is 0 Å². The highest BCUT2D eigenvalue weighted by molar-refractivity contribution is 6.09. The third-order valence-corrected chi connectivity index (χ3v) is 5.20. The SMILES string of the molecule is COc1ccc(C=C(C#N)C(=O)Nc2ccc3c(c2)OCCO3)cc1Cn1nc(C)cc1C. The summed E-state index contributed by atoms with van der Waals surface area (Å²) in [5.74, 6) is 1.39. The molecule has 8 heteroatoms. The summed E-state index contributed by atoms with van der Waals surface area (Å²) >= 11 is 0. The van der Waals surface area contributed by atoms with Crippen molar-refractivity contribution in [3.8, 4) is 23.3 Å². The van der Waals surface area contributed by atoms with E-state index in [4.69, 9.17) is 14.2 Å². The summed E-state index contributed by atoms with van der Waals surface area (Å²) in [5, 5.41) is 16.9. The molecule has 2 aromatic carbocycles. The number of anilines is 1. The fourth-order valence-corrected chi connectivity index (χ4v) is 3.64. The van der Waals surface area contributed by atoms with Crippen LogP contribution in [0.5, 0.6) is 17.2 Å². The fourth-order valence-electron chi connectivity index (χ4n) is 3.64. The number of aryl methyl sites for hydroxylation is 2. The van der Waals surface area contributed by atoms with Crippen molar-refractivity contribution < 1.29 is 19.0 Å². The molecule has 1 amide bonds. The lowest BCUT2D eigenvalue weighted by Crippen LogP contribution is -2.17. The molecule has 1 aliphatic heterocycles. The number of nitrogens with zero attached hydrogens (tertiary/aromatic N) is 3. The standard InChI is InChI=1S/C25H24N4O4/c1-16-10-17(2)29(28-16)15-20-12-18(4-6-22(20)31-3)11-19(14-26)25(30)27-21-5-7-23-24(13-21)33-9-8-32-23/h4-7,10-13H,8-9,15H2,1-3H3,(H,27,30). The Balaban J connectivity index is 1.56. The highest BCUT2D eigenvalue weighted by Crippen LogP contribution is 2.32. The first-order valence-electron chi connectivity index (χ1n) is 10.5. The number of hydrogen-bond donors (Lipinski definition) is 1. The summed E-state index contributed by atoms with van der Waals surface area (Å²) in [4.78, 5) is 12.7. The first kappa shape index (κ1) is 22.0. The van der Waals surface area contributed by atoms with Crippen LogP contribution < -0.4 is 19.5 Å². The van der Waals surface area contributed by atoms with Gasteiger partial charge in [-0.05, 0) is 55.8 Å². The van der Waals surface area contributed by atoms with Crippen LogP contribution in [0.2, 0.25) is 0 Å². The van der Waals surface area contributed by atoms with Crippen molar-refractivity contribution in [2.75, 3.05) is 25.6 Å². The van der Waals surface area contributed by atoms with Gasteiger partial charge >= 0.3 is 0 Å². The van der Waals surface area contributed by atoms with Gasteiger partial charge in [-0.2, -0.15) is 10.4 Å². The minimum Gasteiger partial charge on any atom is -0.496 e. The summed E-state index contributed by atoms with van der Waals surface area (Å²) in [7, 11) is 1.61. The zero-order valence-corrected chi connectivity index (χ0v) is 18.7. The van der Waals surface area contributed by atoms with Crippen LogP contribution in [0, 0.1) is 25.2 Å². The molecule has 0 unspecified atom stereocenters. The molecule has 0 saturated carbocycles. The molecular formula is C25H24N4O4. The predicted octanol–water partition coefficient (Wildman–Crippen LogP) is 3.87. The molecular weight excluding hydrogens is 420 g/mol. The van der Waals surface area contributed by atoms with Gasteiger partial charge in [-0.1, -0.05) is 6.07 Å². The van der Waals surface area contributed by atoms with Gasteiger partial charge in [0.2, 0.25) is 0 Å². The van der Waals surface area contributed by atoms with Gasteiger partial charge in [0.1, 0.15) is 30.6 Å². The van der Waals surface area contributed by atoms with Crippen LogP contribution in [-0.2, 0) is 11.3 Å². The molecule has 1 aromatic heterocycles. The summed E-state index contributed by atoms with van der Waals surface area (Å²) < 4.78 is 18.4. The number of amides is 1. The van der Waals surface area contributed by atoms with Crippen LogP contribution in [0.3, 0.4) is 0 Å². The van der Waals surface area contributed by atoms with Gasteiger partial charge < -0.3 is 19.5 Å². The minimum atomic E-state index is -0.509. The lowest BCUT2D eigenvalue weighted by atomic mass is 10.1. The lowest BCUT2D eigenvalue weighted by molar-refractivity contribution is -0.112. The van der Waals surface area contributed by atoms with E-state index < -0.39 is 5.91 Å². The molecule has 2 heterocycles. The maximum Gasteiger partial charge on any atom is 0.266 e. The van der Waals surface area contributed by atoms with Gasteiger partial charge in [0, 0.05) is 23.0 Å². The quantitative estimate of drug-likeness (QED) is 0.458. The number of nitrogens with one attached hydrogen (secondary N) is 1. The van der Waals surface area contributed by atoms with Gasteiger partial charge in [-0.15, -0.1) is 0 Å². The molecule has 0 atom stereocenters. The zero-order chi connectivity index (χ0) is 23.4. The van der Waals surface area contributed by atoms with E-state index in [9.17, 15) is 10.1 Å². The molecule has 1 N–H and O–H groups in total. The average Bonchev–Trinajstić information content (AvgIpc) is 3.13. The third-order valence-electron chi connectivity index (χ3n) is 5.20. The monoisotopic (exact) mass is 444 g/mol. The molecule has 0 aliphatic carbocycles. The maximum absolute atomic E-state index is 12.7. The van der Waals surface area contributed by atoms with E-state index in [-0.39, 0.29) is 5.57 Å². The molecule has 0 bridgehead atoms. The second kappa shape index (κ2) is 9.49. The first-order valence-corrected chi connectivity index (χ1v) is 10.5. The predicted molar refractivity (Wildman–Crippen MR) is 123 cm³/mol. The fraction of sp³-hybridized carbons (Fsp3) is 0.240. The summed E-state index contributed by atoms with van der Waals surface area (Å²) in [6, 6.07) is 14.6. The van der Waals surface area contributed by atoms with E-state index in [1.54, 1.807) is 37.5 Å². The number of aromatic nitrogens is 2. The summed E-state index contributed by atoms with van der Waals surface area (Å²) in [6.45, 7) is 5.38. The van der Waals surface area contributed by atoms with Crippen molar-refractivity contribution in [1.29, 1.82) is 5.26 Å². The largest absolute Gasteiger partial charge is 0.496 e. The molecule has 1 aliphatic rings. The van der Waals surface area contributed by atoms with Gasteiger partial charge in [0.25, 0.3) is 5.91 Å². The molecule has 0 radical (unpaired) electrons. The number of benzene rings is 2. The van der Waals surface area contributed by atoms with Crippen molar-refractivity contribution in [3.63, 3.8) is 0 Å². The third kappa shape index (κ3) is 4.99. The number of carbonyl (C=O) groups is 1. The van der Waals surface area contributed by atoms with Crippen molar-refractivity contribution in [3.05, 3.63) is 70.6 Å². The Kier molecular flexibility index (Phi) is 6.31. The summed E-state index contributed by atoms with van der Waals surface area (Å²) in [5.41, 5.74) is 4.07. The highest BCUT2D eigenvalue weighted by atomic mass is 16.6. The van der Waals surface area contributed by atoms with Crippen LogP contribution >= 0.6 is 0 Å². The smallest absolute Gasteiger partial charge is 0.266 e. The second-order valence-corrected chi connectivity index (χ2v) is 7.64. The first-order chi connectivity index (χ1) is 16.0. The molecule has 168 valence electrons. The van der Waals surface area contributed by atoms with Crippen molar-refractivity contribution in [2.45, 2.75) is 20.4 Å². The molecule has 8 nitrogen and oxygen atoms in total. The van der Waals surface area contributed by atoms with Gasteiger partial charge in [-0.3, -0.25) is 9.48 Å². The molecule has 4 rings (SSSR count). The topological polar surface area (TPSA) is 98.4 Å². The van der Waals surface area contributed by atoms with Crippen LogP contribution in [0.25, 0.3) is 6.08 Å². The number of ether oxygens (including phenoxy) is 3. The number of carbonyl (C=O) groups excluding carboxylic acids is 1. The number of hydrogen-bond acceptors (Lipinski definition) is 6. The molecule has 0 fully saturated rings. The van der Waals surface area contributed by atoms with Crippen LogP contribution in [0.4, 0.5) is 5.69 Å². The van der Waals surface area contributed by atoms with Crippen molar-refractivity contribution >= 4 is 17.7 Å². The van der Waals surface area contributed by atoms with E-state index in [2.05, 4.69) is 10.4 Å². The number of methoxy groups -OCH3 is 1. The minimum absolute atomic E-state index is 0.0212. The van der Waals surface area contributed by atoms with Crippen molar-refractivity contribution in [2.24, 2.45) is 0 Å². The second-order valence-electron chi connectivity index (χ2n) is 7.64. The average molecular weight is 444 g/mol. The molecule has 33 heavy (non-hydrogen) atoms. The zero-order valence-electron chi connectivity index (χ0n) is 18.7. The van der Waals surface area contributed by atoms with E-state index in [0.717, 1.165) is 17.0 Å². The number of rotatable bonds is 6. The van der Waals surface area contributed by atoms with Crippen LogP contribution in [-0.4, -0.2) is 36.0 Å². The Bertz CT molecular complexity index is 1270. The van der Waals surface area contributed by atoms with E-state index in [1.165, 1.54) is 0 Å². The molecule has 0 spiro atoms. The molecule has 0 saturated heterocycles. The van der Waals surface area contributed by atoms with E-state index in [1.807, 2.05) is 42.8 Å². The van der Waals surface area contributed by atoms with Crippen molar-refractivity contribution in [1.82, 2.24) is 9.78 Å². The summed E-state index contributed by atoms with van der Waals surface area (Å²) in [6.07, 6.45) is 1.55. The highest BCUT2D eigenvalue weighted by Gasteiger charge is 2.15. The maximum atomic E-state index is 12.7. The van der Waals surface area contributed by atoms with Crippen LogP contribution in [0.1, 0.15) is 22.5 Å². The van der Waals surface area contributed by atoms with Crippen LogP contribution in [0.15, 0.2) is 48.0 Å². The van der Waals surface area contributed by atoms with Gasteiger partial charge in [0.05, 0.1) is 19.3 Å². The Morgan fingerprint density at radius 2 is 1.97 bits per heavy atom. The number of nitriles is 1. The normalized spacial score (nSPS) is 12.7. The Hall–Kier alpha value is -4.25. The Morgan fingerprint density at radius 1 is 1.18 bits per heavy atom. The molecule has 3 aromatic rings. The lowest BCUT2D eigenvalue weighted by Gasteiger charge is -2.18. The Labute approximate surface area is 192 Å². The van der Waals surface area contributed by atoms with E-state index in [0.29, 0.717) is 48.3 Å². The van der Waals surface area contributed by atoms with Gasteiger partial charge in [-0.25, -0.2) is 0 Å².